The summed E-state index contributed by atoms with van der Waals surface area (Å²) in [6.45, 7) is 0.480. The van der Waals surface area contributed by atoms with Crippen LogP contribution in [0.25, 0.3) is 11.1 Å². The molecule has 0 unspecified atom stereocenters. The number of carbonyl (C=O) groups is 1. The van der Waals surface area contributed by atoms with Gasteiger partial charge in [-0.2, -0.15) is 0 Å². The molecule has 0 saturated heterocycles. The first kappa shape index (κ1) is 26.3. The van der Waals surface area contributed by atoms with Crippen LogP contribution in [0, 0.1) is 69.1 Å². The van der Waals surface area contributed by atoms with E-state index in [1.165, 1.54) is 28.2 Å². The van der Waals surface area contributed by atoms with E-state index in [1.807, 2.05) is 62.8 Å². The van der Waals surface area contributed by atoms with Crippen molar-refractivity contribution >= 4 is 6.09 Å². The third kappa shape index (κ3) is 5.79. The van der Waals surface area contributed by atoms with Crippen LogP contribution in [0.2, 0.25) is 0 Å². The zero-order chi connectivity index (χ0) is 23.3. The maximum atomic E-state index is 12.6. The average Bonchev–Trinajstić information content (AvgIpc) is 3.66. The van der Waals surface area contributed by atoms with E-state index in [4.69, 9.17) is 4.74 Å². The van der Waals surface area contributed by atoms with E-state index in [2.05, 4.69) is 42.4 Å². The van der Waals surface area contributed by atoms with Crippen molar-refractivity contribution in [3.63, 3.8) is 0 Å². The molecule has 0 bridgehead atoms. The zero-order valence-corrected chi connectivity index (χ0v) is 20.5. The Labute approximate surface area is 220 Å². The molecule has 4 aliphatic rings. The molecule has 178 valence electrons. The summed E-state index contributed by atoms with van der Waals surface area (Å²) in [6.07, 6.45) is 17.3. The fourth-order valence-corrected chi connectivity index (χ4v) is 5.34. The van der Waals surface area contributed by atoms with Crippen LogP contribution in [-0.4, -0.2) is 30.5 Å². The number of hydrogen-bond acceptors (Lipinski definition) is 3. The number of benzene rings is 2. The van der Waals surface area contributed by atoms with Gasteiger partial charge in [-0.15, -0.1) is 0 Å². The molecule has 6 rings (SSSR count). The fraction of sp³-hybridized carbons (Fsp3) is 0.233. The van der Waals surface area contributed by atoms with Gasteiger partial charge >= 0.3 is 23.2 Å². The second-order valence-corrected chi connectivity index (χ2v) is 8.87. The molecular formula is C30H29FeNO3+2. The molecule has 4 aliphatic carbocycles. The van der Waals surface area contributed by atoms with Crippen molar-refractivity contribution in [2.75, 3.05) is 13.2 Å². The van der Waals surface area contributed by atoms with Gasteiger partial charge in [-0.05, 0) is 98.3 Å². The van der Waals surface area contributed by atoms with Crippen molar-refractivity contribution < 1.29 is 31.7 Å². The van der Waals surface area contributed by atoms with Gasteiger partial charge in [-0.1, -0.05) is 48.5 Å². The number of alkyl carbamates (subject to hydrolysis) is 1. The smallest absolute Gasteiger partial charge is 0.449 e. The molecule has 3 fully saturated rings. The molecule has 1 amide bonds. The molecule has 2 aromatic carbocycles. The largest absolute Gasteiger partial charge is 2.00 e. The van der Waals surface area contributed by atoms with Crippen LogP contribution in [-0.2, 0) is 21.8 Å². The molecule has 0 aliphatic heterocycles. The Morgan fingerprint density at radius 3 is 2.03 bits per heavy atom. The van der Waals surface area contributed by atoms with Crippen LogP contribution >= 0.6 is 0 Å². The quantitative estimate of drug-likeness (QED) is 0.555. The van der Waals surface area contributed by atoms with Gasteiger partial charge in [0.2, 0.25) is 0 Å². The van der Waals surface area contributed by atoms with E-state index in [0.717, 1.165) is 18.8 Å². The monoisotopic (exact) mass is 507 g/mol. The second-order valence-electron chi connectivity index (χ2n) is 8.87. The molecule has 4 nitrogen and oxygen atoms in total. The molecule has 2 atom stereocenters. The second kappa shape index (κ2) is 12.4. The first-order valence-electron chi connectivity index (χ1n) is 11.9. The zero-order valence-electron chi connectivity index (χ0n) is 19.4. The SMILES string of the molecule is O=C(N[C@@H]1C[C@@H](CCO)[C]2[CH][CH][CH][C]21)OCC1c2ccccc2-c2ccccc21.[CH]1[CH][CH][CH][CH]1.[Fe+2]. The number of nitrogens with one attached hydrogen (secondary N) is 1. The molecule has 0 aromatic heterocycles. The van der Waals surface area contributed by atoms with Crippen LogP contribution < -0.4 is 5.32 Å². The summed E-state index contributed by atoms with van der Waals surface area (Å²) in [5.74, 6) is 2.75. The summed E-state index contributed by atoms with van der Waals surface area (Å²) in [6, 6.07) is 16.6. The number of fused-ring (bicyclic) bond motifs is 4. The Balaban J connectivity index is 0.000000431. The number of hydrogen-bond donors (Lipinski definition) is 2. The molecule has 2 N–H and O–H groups in total. The van der Waals surface area contributed by atoms with Gasteiger partial charge in [-0.25, -0.2) is 4.79 Å². The van der Waals surface area contributed by atoms with Crippen LogP contribution in [0.3, 0.4) is 0 Å². The summed E-state index contributed by atoms with van der Waals surface area (Å²) in [5.41, 5.74) is 4.87. The molecule has 35 heavy (non-hydrogen) atoms. The summed E-state index contributed by atoms with van der Waals surface area (Å²) >= 11 is 0. The Kier molecular flexibility index (Phi) is 9.33. The first-order chi connectivity index (χ1) is 16.8. The van der Waals surface area contributed by atoms with Crippen molar-refractivity contribution in [3.8, 4) is 11.1 Å². The predicted molar refractivity (Wildman–Crippen MR) is 133 cm³/mol. The van der Waals surface area contributed by atoms with E-state index in [-0.39, 0.29) is 41.7 Å². The van der Waals surface area contributed by atoms with Crippen molar-refractivity contribution in [2.24, 2.45) is 5.92 Å². The Hall–Kier alpha value is -1.81. The number of amides is 1. The number of ether oxygens (including phenoxy) is 1. The summed E-state index contributed by atoms with van der Waals surface area (Å²) in [5, 5.41) is 12.4. The number of rotatable bonds is 5. The van der Waals surface area contributed by atoms with Crippen LogP contribution in [0.15, 0.2) is 48.5 Å². The summed E-state index contributed by atoms with van der Waals surface area (Å²) in [4.78, 5) is 12.6. The van der Waals surface area contributed by atoms with Crippen LogP contribution in [0.4, 0.5) is 4.79 Å². The minimum atomic E-state index is -0.381. The van der Waals surface area contributed by atoms with Gasteiger partial charge in [0, 0.05) is 24.5 Å². The van der Waals surface area contributed by atoms with Crippen LogP contribution in [0.5, 0.6) is 0 Å². The summed E-state index contributed by atoms with van der Waals surface area (Å²) < 4.78 is 5.69. The van der Waals surface area contributed by atoms with Gasteiger partial charge in [0.15, 0.2) is 0 Å². The molecular weight excluding hydrogens is 478 g/mol. The predicted octanol–water partition coefficient (Wildman–Crippen LogP) is 5.09. The number of carbonyl (C=O) groups excluding carboxylic acids is 1. The third-order valence-electron chi connectivity index (χ3n) is 6.89. The van der Waals surface area contributed by atoms with Crippen LogP contribution in [0.1, 0.15) is 29.9 Å². The van der Waals surface area contributed by atoms with E-state index in [1.54, 1.807) is 0 Å². The number of aliphatic hydroxyl groups is 1. The van der Waals surface area contributed by atoms with Gasteiger partial charge in [0.25, 0.3) is 0 Å². The Bertz CT molecular complexity index is 922. The van der Waals surface area contributed by atoms with Gasteiger partial charge in [0.1, 0.15) is 6.61 Å². The van der Waals surface area contributed by atoms with E-state index >= 15 is 0 Å². The fourth-order valence-electron chi connectivity index (χ4n) is 5.34. The van der Waals surface area contributed by atoms with E-state index in [9.17, 15) is 9.90 Å². The molecule has 0 heterocycles. The van der Waals surface area contributed by atoms with E-state index < -0.39 is 0 Å². The normalized spacial score (nSPS) is 23.0. The minimum absolute atomic E-state index is 0. The maximum absolute atomic E-state index is 12.6. The third-order valence-corrected chi connectivity index (χ3v) is 6.89. The van der Waals surface area contributed by atoms with Crippen molar-refractivity contribution in [1.82, 2.24) is 5.32 Å². The molecule has 2 aromatic rings. The molecule has 5 heteroatoms. The van der Waals surface area contributed by atoms with Crippen molar-refractivity contribution in [1.29, 1.82) is 0 Å². The van der Waals surface area contributed by atoms with Gasteiger partial charge < -0.3 is 15.2 Å². The number of aliphatic hydroxyl groups excluding tert-OH is 1. The summed E-state index contributed by atoms with van der Waals surface area (Å²) in [7, 11) is 0. The Morgan fingerprint density at radius 1 is 0.857 bits per heavy atom. The topological polar surface area (TPSA) is 58.6 Å². The Morgan fingerprint density at radius 2 is 1.43 bits per heavy atom. The average molecular weight is 507 g/mol. The van der Waals surface area contributed by atoms with Crippen molar-refractivity contribution in [3.05, 3.63) is 123 Å². The molecule has 3 saturated carbocycles. The molecule has 10 radical (unpaired) electrons. The first-order valence-corrected chi connectivity index (χ1v) is 11.9. The molecule has 0 spiro atoms. The standard InChI is InChI=1S/C25H24NO3.C5H5.Fe/c27-13-12-16-14-24(22-11-5-10-17(16)22)26-25(28)29-15-23-20-8-3-1-6-18(20)19-7-2-4-9-21(19)23;1-2-4-5-3-1;/h1-11,16,23-24,27H,12-15H2,(H,26,28);1-5H;/q;;+2/t16-,24-;;/m1../s1. The maximum Gasteiger partial charge on any atom is 2.00 e. The van der Waals surface area contributed by atoms with E-state index in [0.29, 0.717) is 12.5 Å². The van der Waals surface area contributed by atoms with Gasteiger partial charge in [-0.3, -0.25) is 0 Å². The minimum Gasteiger partial charge on any atom is -0.449 e. The van der Waals surface area contributed by atoms with Gasteiger partial charge in [0.05, 0.1) is 0 Å². The van der Waals surface area contributed by atoms with Crippen molar-refractivity contribution in [2.45, 2.75) is 24.8 Å².